The second-order valence-corrected chi connectivity index (χ2v) is 4.76. The van der Waals surface area contributed by atoms with Crippen LogP contribution < -0.4 is 10.1 Å². The Bertz CT molecular complexity index is 583. The molecule has 2 aromatic rings. The molecule has 0 amide bonds. The van der Waals surface area contributed by atoms with Gasteiger partial charge in [0.25, 0.3) is 0 Å². The zero-order chi connectivity index (χ0) is 14.5. The van der Waals surface area contributed by atoms with Crippen LogP contribution in [0.15, 0.2) is 42.5 Å². The van der Waals surface area contributed by atoms with Crippen molar-refractivity contribution in [2.75, 3.05) is 7.05 Å². The summed E-state index contributed by atoms with van der Waals surface area (Å²) in [5.41, 5.74) is 1.96. The summed E-state index contributed by atoms with van der Waals surface area (Å²) in [7, 11) is 1.85. The molecule has 2 aromatic carbocycles. The molecule has 106 valence electrons. The second kappa shape index (κ2) is 6.53. The van der Waals surface area contributed by atoms with E-state index in [1.807, 2.05) is 38.2 Å². The van der Waals surface area contributed by atoms with Gasteiger partial charge in [-0.1, -0.05) is 25.1 Å². The quantitative estimate of drug-likeness (QED) is 0.868. The maximum atomic E-state index is 13.4. The molecule has 20 heavy (non-hydrogen) atoms. The van der Waals surface area contributed by atoms with Gasteiger partial charge in [-0.15, -0.1) is 0 Å². The highest BCUT2D eigenvalue weighted by Gasteiger charge is 2.13. The molecule has 0 aliphatic rings. The average Bonchev–Trinajstić information content (AvgIpc) is 2.48. The first-order valence-corrected chi connectivity index (χ1v) is 6.88. The van der Waals surface area contributed by atoms with E-state index in [0.717, 1.165) is 23.3 Å². The molecule has 1 unspecified atom stereocenters. The highest BCUT2D eigenvalue weighted by atomic mass is 19.1. The van der Waals surface area contributed by atoms with Gasteiger partial charge in [0.15, 0.2) is 0 Å². The molecule has 0 aliphatic carbocycles. The molecule has 0 saturated heterocycles. The molecule has 2 nitrogen and oxygen atoms in total. The van der Waals surface area contributed by atoms with Gasteiger partial charge in [-0.05, 0) is 50.2 Å². The van der Waals surface area contributed by atoms with Crippen LogP contribution >= 0.6 is 0 Å². The van der Waals surface area contributed by atoms with Crippen LogP contribution in [-0.4, -0.2) is 7.05 Å². The molecule has 0 heterocycles. The first-order chi connectivity index (χ1) is 9.65. The Labute approximate surface area is 119 Å². The zero-order valence-electron chi connectivity index (χ0n) is 12.1. The van der Waals surface area contributed by atoms with E-state index in [1.165, 1.54) is 12.1 Å². The summed E-state index contributed by atoms with van der Waals surface area (Å²) in [4.78, 5) is 0. The Morgan fingerprint density at radius 1 is 1.15 bits per heavy atom. The Balaban J connectivity index is 2.38. The molecular formula is C17H20FNO. The predicted molar refractivity (Wildman–Crippen MR) is 79.8 cm³/mol. The summed E-state index contributed by atoms with van der Waals surface area (Å²) in [6.45, 7) is 4.07. The topological polar surface area (TPSA) is 21.3 Å². The minimum absolute atomic E-state index is 0.0227. The normalized spacial score (nSPS) is 12.2. The van der Waals surface area contributed by atoms with Crippen LogP contribution in [0.25, 0.3) is 0 Å². The number of hydrogen-bond acceptors (Lipinski definition) is 2. The largest absolute Gasteiger partial charge is 0.457 e. The van der Waals surface area contributed by atoms with E-state index in [4.69, 9.17) is 4.74 Å². The highest BCUT2D eigenvalue weighted by Crippen LogP contribution is 2.32. The maximum Gasteiger partial charge on any atom is 0.132 e. The van der Waals surface area contributed by atoms with Gasteiger partial charge in [0.2, 0.25) is 0 Å². The first-order valence-electron chi connectivity index (χ1n) is 6.88. The molecular weight excluding hydrogens is 253 g/mol. The van der Waals surface area contributed by atoms with E-state index in [2.05, 4.69) is 12.2 Å². The van der Waals surface area contributed by atoms with Crippen LogP contribution in [0.4, 0.5) is 4.39 Å². The van der Waals surface area contributed by atoms with Crippen molar-refractivity contribution in [2.45, 2.75) is 26.3 Å². The fraction of sp³-hybridized carbons (Fsp3) is 0.294. The number of halogens is 1. The third kappa shape index (κ3) is 3.17. The van der Waals surface area contributed by atoms with Gasteiger partial charge in [-0.2, -0.15) is 0 Å². The Morgan fingerprint density at radius 3 is 2.60 bits per heavy atom. The van der Waals surface area contributed by atoms with E-state index in [-0.39, 0.29) is 11.9 Å². The van der Waals surface area contributed by atoms with Crippen molar-refractivity contribution in [3.8, 4) is 11.5 Å². The summed E-state index contributed by atoms with van der Waals surface area (Å²) in [6.07, 6.45) is 0.897. The summed E-state index contributed by atoms with van der Waals surface area (Å²) in [5.74, 6) is 1.26. The molecule has 2 rings (SSSR count). The lowest BCUT2D eigenvalue weighted by Crippen LogP contribution is -2.13. The van der Waals surface area contributed by atoms with E-state index < -0.39 is 0 Å². The van der Waals surface area contributed by atoms with Gasteiger partial charge in [0.05, 0.1) is 0 Å². The van der Waals surface area contributed by atoms with Crippen molar-refractivity contribution in [2.24, 2.45) is 0 Å². The van der Waals surface area contributed by atoms with E-state index >= 15 is 0 Å². The third-order valence-electron chi connectivity index (χ3n) is 3.44. The van der Waals surface area contributed by atoms with Crippen LogP contribution in [0.2, 0.25) is 0 Å². The zero-order valence-corrected chi connectivity index (χ0v) is 12.1. The number of para-hydroxylation sites is 1. The summed E-state index contributed by atoms with van der Waals surface area (Å²) < 4.78 is 19.4. The van der Waals surface area contributed by atoms with Gasteiger partial charge in [-0.25, -0.2) is 4.39 Å². The minimum Gasteiger partial charge on any atom is -0.457 e. The number of aryl methyl sites for hydroxylation is 1. The Kier molecular flexibility index (Phi) is 4.74. The molecule has 0 fully saturated rings. The maximum absolute atomic E-state index is 13.4. The van der Waals surface area contributed by atoms with Crippen molar-refractivity contribution in [1.82, 2.24) is 5.32 Å². The molecule has 0 saturated carbocycles. The first kappa shape index (κ1) is 14.5. The lowest BCUT2D eigenvalue weighted by molar-refractivity contribution is 0.458. The molecule has 0 aromatic heterocycles. The summed E-state index contributed by atoms with van der Waals surface area (Å²) >= 11 is 0. The Hall–Kier alpha value is -1.87. The van der Waals surface area contributed by atoms with Crippen molar-refractivity contribution in [3.05, 3.63) is 59.4 Å². The van der Waals surface area contributed by atoms with Gasteiger partial charge < -0.3 is 10.1 Å². The molecule has 3 heteroatoms. The predicted octanol–water partition coefficient (Wildman–Crippen LogP) is 4.46. The third-order valence-corrected chi connectivity index (χ3v) is 3.44. The molecule has 1 N–H and O–H groups in total. The SMILES string of the molecule is CCc1ccccc1Oc1ccc(F)cc1C(C)NC. The van der Waals surface area contributed by atoms with Crippen LogP contribution in [0.5, 0.6) is 11.5 Å². The van der Waals surface area contributed by atoms with Crippen molar-refractivity contribution < 1.29 is 9.13 Å². The molecule has 0 bridgehead atoms. The monoisotopic (exact) mass is 273 g/mol. The van der Waals surface area contributed by atoms with Crippen molar-refractivity contribution >= 4 is 0 Å². The average molecular weight is 273 g/mol. The lowest BCUT2D eigenvalue weighted by Gasteiger charge is -2.17. The minimum atomic E-state index is -0.252. The number of hydrogen-bond donors (Lipinski definition) is 1. The van der Waals surface area contributed by atoms with Gasteiger partial charge in [0, 0.05) is 11.6 Å². The smallest absolute Gasteiger partial charge is 0.132 e. The summed E-state index contributed by atoms with van der Waals surface area (Å²) in [6, 6.07) is 12.6. The van der Waals surface area contributed by atoms with Crippen LogP contribution in [0.1, 0.15) is 31.0 Å². The van der Waals surface area contributed by atoms with Crippen molar-refractivity contribution in [1.29, 1.82) is 0 Å². The van der Waals surface area contributed by atoms with E-state index in [9.17, 15) is 4.39 Å². The Morgan fingerprint density at radius 2 is 1.90 bits per heavy atom. The molecule has 1 atom stereocenters. The van der Waals surface area contributed by atoms with E-state index in [1.54, 1.807) is 6.07 Å². The molecule has 0 radical (unpaired) electrons. The lowest BCUT2D eigenvalue weighted by atomic mass is 10.1. The second-order valence-electron chi connectivity index (χ2n) is 4.76. The molecule has 0 spiro atoms. The standard InChI is InChI=1S/C17H20FNO/c1-4-13-7-5-6-8-16(13)20-17-10-9-14(18)11-15(17)12(2)19-3/h5-12,19H,4H2,1-3H3. The van der Waals surface area contributed by atoms with Gasteiger partial charge in [-0.3, -0.25) is 0 Å². The number of ether oxygens (including phenoxy) is 1. The fourth-order valence-electron chi connectivity index (χ4n) is 2.12. The summed E-state index contributed by atoms with van der Waals surface area (Å²) in [5, 5.41) is 3.12. The fourth-order valence-corrected chi connectivity index (χ4v) is 2.12. The van der Waals surface area contributed by atoms with Crippen LogP contribution in [0, 0.1) is 5.82 Å². The number of rotatable bonds is 5. The van der Waals surface area contributed by atoms with E-state index in [0.29, 0.717) is 5.75 Å². The van der Waals surface area contributed by atoms with Crippen molar-refractivity contribution in [3.63, 3.8) is 0 Å². The highest BCUT2D eigenvalue weighted by molar-refractivity contribution is 5.42. The van der Waals surface area contributed by atoms with Crippen LogP contribution in [-0.2, 0) is 6.42 Å². The number of benzene rings is 2. The van der Waals surface area contributed by atoms with Crippen LogP contribution in [0.3, 0.4) is 0 Å². The number of nitrogens with one attached hydrogen (secondary N) is 1. The molecule has 0 aliphatic heterocycles. The van der Waals surface area contributed by atoms with Gasteiger partial charge >= 0.3 is 0 Å². The van der Waals surface area contributed by atoms with Gasteiger partial charge in [0.1, 0.15) is 17.3 Å².